The average Bonchev–Trinajstić information content (AvgIpc) is 2.81. The molecule has 0 bridgehead atoms. The van der Waals surface area contributed by atoms with Crippen LogP contribution in [0.4, 0.5) is 0 Å². The number of likely N-dealkylation sites (N-methyl/N-ethyl adjacent to an activating group) is 1. The van der Waals surface area contributed by atoms with Crippen LogP contribution in [0, 0.1) is 0 Å². The third-order valence-corrected chi connectivity index (χ3v) is 8.00. The summed E-state index contributed by atoms with van der Waals surface area (Å²) >= 11 is 12.1. The number of nitrogens with zero attached hydrogens (tertiary/aromatic N) is 2. The van der Waals surface area contributed by atoms with E-state index >= 15 is 0 Å². The van der Waals surface area contributed by atoms with Gasteiger partial charge in [-0.2, -0.15) is 0 Å². The Labute approximate surface area is 212 Å². The van der Waals surface area contributed by atoms with Gasteiger partial charge in [-0.25, -0.2) is 12.7 Å². The predicted octanol–water partition coefficient (Wildman–Crippen LogP) is 4.34. The number of hydrogen-bond donors (Lipinski definition) is 1. The van der Waals surface area contributed by atoms with Gasteiger partial charge in [-0.15, -0.1) is 0 Å². The molecule has 0 spiro atoms. The maximum atomic E-state index is 13.2. The Morgan fingerprint density at radius 2 is 1.71 bits per heavy atom. The van der Waals surface area contributed by atoms with E-state index < -0.39 is 16.1 Å². The highest BCUT2D eigenvalue weighted by atomic mass is 35.5. The molecule has 0 aromatic heterocycles. The van der Waals surface area contributed by atoms with Crippen LogP contribution in [0.25, 0.3) is 0 Å². The summed E-state index contributed by atoms with van der Waals surface area (Å²) in [5, 5.41) is 3.55. The second-order valence-corrected chi connectivity index (χ2v) is 10.7. The first-order valence-electron chi connectivity index (χ1n) is 11.1. The van der Waals surface area contributed by atoms with Crippen molar-refractivity contribution in [2.24, 2.45) is 0 Å². The highest BCUT2D eigenvalue weighted by Gasteiger charge is 2.28. The smallest absolute Gasteiger partial charge is 0.242 e. The fourth-order valence-electron chi connectivity index (χ4n) is 3.54. The lowest BCUT2D eigenvalue weighted by Crippen LogP contribution is -2.49. The Kier molecular flexibility index (Phi) is 10.8. The number of carbonyl (C=O) groups excluding carboxylic acids is 2. The number of hydrogen-bond acceptors (Lipinski definition) is 4. The van der Waals surface area contributed by atoms with Gasteiger partial charge >= 0.3 is 0 Å². The van der Waals surface area contributed by atoms with Crippen LogP contribution in [0.1, 0.15) is 38.7 Å². The van der Waals surface area contributed by atoms with E-state index in [1.165, 1.54) is 28.4 Å². The maximum Gasteiger partial charge on any atom is 0.242 e. The van der Waals surface area contributed by atoms with Crippen molar-refractivity contribution >= 4 is 45.0 Å². The first kappa shape index (κ1) is 28.1. The molecule has 0 aliphatic carbocycles. The summed E-state index contributed by atoms with van der Waals surface area (Å²) in [6.07, 6.45) is 0.832. The second-order valence-electron chi connectivity index (χ2n) is 7.83. The molecule has 34 heavy (non-hydrogen) atoms. The Morgan fingerprint density at radius 1 is 1.03 bits per heavy atom. The molecule has 0 radical (unpaired) electrons. The molecule has 0 unspecified atom stereocenters. The summed E-state index contributed by atoms with van der Waals surface area (Å²) in [6, 6.07) is 12.6. The number of sulfonamides is 1. The number of benzene rings is 2. The average molecular weight is 529 g/mol. The summed E-state index contributed by atoms with van der Waals surface area (Å²) in [7, 11) is -2.15. The van der Waals surface area contributed by atoms with Gasteiger partial charge in [0.25, 0.3) is 0 Å². The Morgan fingerprint density at radius 3 is 2.29 bits per heavy atom. The molecule has 2 rings (SSSR count). The molecule has 10 heteroatoms. The fourth-order valence-corrected chi connectivity index (χ4v) is 5.09. The lowest BCUT2D eigenvalue weighted by atomic mass is 10.1. The van der Waals surface area contributed by atoms with Crippen LogP contribution in [0.2, 0.25) is 10.0 Å². The highest BCUT2D eigenvalue weighted by molar-refractivity contribution is 7.89. The molecule has 0 saturated heterocycles. The lowest BCUT2D eigenvalue weighted by molar-refractivity contribution is -0.141. The normalized spacial score (nSPS) is 12.4. The van der Waals surface area contributed by atoms with Gasteiger partial charge in [0.2, 0.25) is 21.8 Å². The number of halogens is 2. The van der Waals surface area contributed by atoms with Gasteiger partial charge in [-0.1, -0.05) is 54.4 Å². The van der Waals surface area contributed by atoms with Crippen molar-refractivity contribution in [1.29, 1.82) is 0 Å². The van der Waals surface area contributed by atoms with Gasteiger partial charge in [0.1, 0.15) is 6.04 Å². The zero-order valence-corrected chi connectivity index (χ0v) is 22.0. The first-order chi connectivity index (χ1) is 16.1. The van der Waals surface area contributed by atoms with E-state index in [9.17, 15) is 18.0 Å². The molecule has 186 valence electrons. The van der Waals surface area contributed by atoms with Crippen molar-refractivity contribution in [1.82, 2.24) is 14.5 Å². The van der Waals surface area contributed by atoms with Crippen molar-refractivity contribution < 1.29 is 18.0 Å². The van der Waals surface area contributed by atoms with E-state index in [1.807, 2.05) is 13.8 Å². The first-order valence-corrected chi connectivity index (χ1v) is 13.3. The standard InChI is InChI=1S/C24H31Cl2N3O4S/c1-4-22(24(31)27-5-2)29(17-18-13-14-20(25)21(26)16-18)23(30)12-9-15-28(3)34(32,33)19-10-7-6-8-11-19/h6-8,10-11,13-14,16,22H,4-5,9,12,15,17H2,1-3H3,(H,27,31)/t22-/m1/s1. The molecule has 7 nitrogen and oxygen atoms in total. The van der Waals surface area contributed by atoms with Gasteiger partial charge in [0.15, 0.2) is 0 Å². The van der Waals surface area contributed by atoms with Crippen molar-refractivity contribution in [3.05, 3.63) is 64.1 Å². The van der Waals surface area contributed by atoms with E-state index in [1.54, 1.807) is 36.4 Å². The van der Waals surface area contributed by atoms with Crippen LogP contribution in [-0.4, -0.2) is 55.6 Å². The highest BCUT2D eigenvalue weighted by Crippen LogP contribution is 2.24. The molecule has 1 N–H and O–H groups in total. The zero-order valence-electron chi connectivity index (χ0n) is 19.6. The second kappa shape index (κ2) is 13.1. The molecule has 2 aromatic rings. The molecule has 2 aromatic carbocycles. The third kappa shape index (κ3) is 7.43. The minimum Gasteiger partial charge on any atom is -0.355 e. The maximum absolute atomic E-state index is 13.2. The number of rotatable bonds is 12. The minimum absolute atomic E-state index is 0.0892. The van der Waals surface area contributed by atoms with E-state index in [4.69, 9.17) is 23.2 Å². The van der Waals surface area contributed by atoms with E-state index in [0.717, 1.165) is 5.56 Å². The molecular formula is C24H31Cl2N3O4S. The van der Waals surface area contributed by atoms with Crippen LogP contribution in [-0.2, 0) is 26.2 Å². The van der Waals surface area contributed by atoms with Gasteiger partial charge in [-0.05, 0) is 49.6 Å². The SMILES string of the molecule is CCNC(=O)[C@@H](CC)N(Cc1ccc(Cl)c(Cl)c1)C(=O)CCCN(C)S(=O)(=O)c1ccccc1. The van der Waals surface area contributed by atoms with Crippen LogP contribution >= 0.6 is 23.2 Å². The summed E-state index contributed by atoms with van der Waals surface area (Å²) in [6.45, 7) is 4.46. The molecule has 2 amide bonds. The van der Waals surface area contributed by atoms with Gasteiger partial charge < -0.3 is 10.2 Å². The fraction of sp³-hybridized carbons (Fsp3) is 0.417. The Hall–Kier alpha value is -2.13. The van der Waals surface area contributed by atoms with Crippen LogP contribution in [0.3, 0.4) is 0 Å². The monoisotopic (exact) mass is 527 g/mol. The minimum atomic E-state index is -3.64. The van der Waals surface area contributed by atoms with E-state index in [2.05, 4.69) is 5.32 Å². The van der Waals surface area contributed by atoms with Gasteiger partial charge in [-0.3, -0.25) is 9.59 Å². The van der Waals surface area contributed by atoms with E-state index in [0.29, 0.717) is 29.4 Å². The van der Waals surface area contributed by atoms with Crippen LogP contribution in [0.15, 0.2) is 53.4 Å². The Balaban J connectivity index is 2.13. The van der Waals surface area contributed by atoms with E-state index in [-0.39, 0.29) is 36.2 Å². The van der Waals surface area contributed by atoms with Crippen LogP contribution in [0.5, 0.6) is 0 Å². The largest absolute Gasteiger partial charge is 0.355 e. The molecule has 0 aliphatic rings. The summed E-state index contributed by atoms with van der Waals surface area (Å²) in [5.74, 6) is -0.475. The number of nitrogens with one attached hydrogen (secondary N) is 1. The molecule has 1 atom stereocenters. The summed E-state index contributed by atoms with van der Waals surface area (Å²) in [5.41, 5.74) is 0.745. The van der Waals surface area contributed by atoms with Crippen molar-refractivity contribution in [3.8, 4) is 0 Å². The number of amides is 2. The lowest BCUT2D eigenvalue weighted by Gasteiger charge is -2.31. The quantitative estimate of drug-likeness (QED) is 0.444. The van der Waals surface area contributed by atoms with Gasteiger partial charge in [0.05, 0.1) is 14.9 Å². The van der Waals surface area contributed by atoms with Crippen molar-refractivity contribution in [3.63, 3.8) is 0 Å². The van der Waals surface area contributed by atoms with Gasteiger partial charge in [0, 0.05) is 33.1 Å². The summed E-state index contributed by atoms with van der Waals surface area (Å²) in [4.78, 5) is 27.6. The Bertz CT molecular complexity index is 1080. The van der Waals surface area contributed by atoms with Crippen LogP contribution < -0.4 is 5.32 Å². The van der Waals surface area contributed by atoms with Crippen molar-refractivity contribution in [2.75, 3.05) is 20.1 Å². The third-order valence-electron chi connectivity index (χ3n) is 5.39. The van der Waals surface area contributed by atoms with Crippen molar-refractivity contribution in [2.45, 2.75) is 50.6 Å². The summed E-state index contributed by atoms with van der Waals surface area (Å²) < 4.78 is 26.7. The number of carbonyl (C=O) groups is 2. The molecule has 0 saturated carbocycles. The molecule has 0 fully saturated rings. The molecule has 0 aliphatic heterocycles. The molecule has 0 heterocycles. The zero-order chi connectivity index (χ0) is 25.3. The predicted molar refractivity (Wildman–Crippen MR) is 135 cm³/mol. The molecular weight excluding hydrogens is 497 g/mol. The topological polar surface area (TPSA) is 86.8 Å².